The molecule has 1 aliphatic heterocycles. The van der Waals surface area contributed by atoms with E-state index in [0.717, 1.165) is 24.1 Å². The molecule has 0 aliphatic carbocycles. The van der Waals surface area contributed by atoms with Crippen LogP contribution < -0.4 is 29.6 Å². The first-order chi connectivity index (χ1) is 7.93. The van der Waals surface area contributed by atoms with Crippen LogP contribution in [0.25, 0.3) is 11.0 Å². The number of rotatable bonds is 2. The molecule has 2 heterocycles. The van der Waals surface area contributed by atoms with Gasteiger partial charge in [0.25, 0.3) is 0 Å². The smallest absolute Gasteiger partial charge is 1.00 e. The average molecular weight is 272 g/mol. The fourth-order valence-corrected chi connectivity index (χ4v) is 2.75. The van der Waals surface area contributed by atoms with E-state index in [9.17, 15) is 0 Å². The summed E-state index contributed by atoms with van der Waals surface area (Å²) in [6, 6.07) is 8.03. The minimum Gasteiger partial charge on any atom is -1.00 e. The van der Waals surface area contributed by atoms with E-state index in [1.807, 2.05) is 40.7 Å². The summed E-state index contributed by atoms with van der Waals surface area (Å²) in [6.45, 7) is 4.26. The van der Waals surface area contributed by atoms with E-state index in [0.29, 0.717) is 0 Å². The summed E-state index contributed by atoms with van der Waals surface area (Å²) in [6.07, 6.45) is 0. The Labute approximate surface area is 136 Å². The fourth-order valence-electron chi connectivity index (χ4n) is 1.82. The molecule has 0 amide bonds. The van der Waals surface area contributed by atoms with Gasteiger partial charge in [-0.15, -0.1) is 6.07 Å². The predicted molar refractivity (Wildman–Crippen MR) is 73.7 cm³/mol. The van der Waals surface area contributed by atoms with E-state index < -0.39 is 0 Å². The molecule has 0 bridgehead atoms. The first-order valence-electron chi connectivity index (χ1n) is 5.40. The first-order valence-corrected chi connectivity index (χ1v) is 6.56. The summed E-state index contributed by atoms with van der Waals surface area (Å²) in [4.78, 5) is 2.30. The van der Waals surface area contributed by atoms with Crippen molar-refractivity contribution in [2.45, 2.75) is 0 Å². The van der Waals surface area contributed by atoms with Gasteiger partial charge in [0.1, 0.15) is 0 Å². The van der Waals surface area contributed by atoms with E-state index in [4.69, 9.17) is 0 Å². The fraction of sp³-hybridized carbons (Fsp3) is 0.333. The van der Waals surface area contributed by atoms with Crippen LogP contribution in [0.2, 0.25) is 0 Å². The zero-order chi connectivity index (χ0) is 10.8. The predicted octanol–water partition coefficient (Wildman–Crippen LogP) is -0.986. The molecule has 0 saturated carbocycles. The molecule has 1 fully saturated rings. The zero-order valence-electron chi connectivity index (χ0n) is 11.9. The largest absolute Gasteiger partial charge is 1.00 e. The Morgan fingerprint density at radius 1 is 1.22 bits per heavy atom. The molecule has 2 aromatic rings. The maximum absolute atomic E-state index is 4.15. The summed E-state index contributed by atoms with van der Waals surface area (Å²) in [5.41, 5.74) is 2.02. The summed E-state index contributed by atoms with van der Waals surface area (Å²) in [5, 5.41) is 8.29. The van der Waals surface area contributed by atoms with Crippen LogP contribution in [0.5, 0.6) is 0 Å². The number of benzene rings is 1. The standard InChI is InChI=1S/C11H13N4S.CH3.Na.H/c1-2-4-11-10(3-1)12-13-15(11)9-14-5-7-16-8-6-14;;;/h1-4,9H,5-8H2;1H3;;/q2*-1;+1;-1. The molecule has 3 rings (SSSR count). The van der Waals surface area contributed by atoms with Gasteiger partial charge in [-0.3, -0.25) is 0 Å². The van der Waals surface area contributed by atoms with E-state index in [2.05, 4.69) is 21.9 Å². The molecule has 0 radical (unpaired) electrons. The van der Waals surface area contributed by atoms with Crippen molar-refractivity contribution in [1.29, 1.82) is 0 Å². The number of nitrogens with zero attached hydrogens (tertiary/aromatic N) is 4. The molecular formula is C12H17N4NaS-2. The van der Waals surface area contributed by atoms with Gasteiger partial charge in [0.15, 0.2) is 0 Å². The van der Waals surface area contributed by atoms with Gasteiger partial charge in [0, 0.05) is 17.0 Å². The molecule has 0 spiro atoms. The first kappa shape index (κ1) is 15.9. The van der Waals surface area contributed by atoms with Crippen molar-refractivity contribution in [3.63, 3.8) is 0 Å². The minimum absolute atomic E-state index is 0. The van der Waals surface area contributed by atoms with Gasteiger partial charge in [0.2, 0.25) is 0 Å². The third-order valence-corrected chi connectivity index (χ3v) is 3.64. The van der Waals surface area contributed by atoms with Crippen LogP contribution in [0, 0.1) is 14.1 Å². The second-order valence-corrected chi connectivity index (χ2v) is 5.01. The van der Waals surface area contributed by atoms with Crippen LogP contribution in [-0.2, 0) is 0 Å². The average Bonchev–Trinajstić information content (AvgIpc) is 2.74. The number of hydrogen-bond acceptors (Lipinski definition) is 4. The maximum atomic E-state index is 4.15. The second-order valence-electron chi connectivity index (χ2n) is 3.79. The summed E-state index contributed by atoms with van der Waals surface area (Å²) >= 11 is 2.01. The Morgan fingerprint density at radius 2 is 1.94 bits per heavy atom. The number of para-hydroxylation sites is 1. The van der Waals surface area contributed by atoms with Gasteiger partial charge >= 0.3 is 29.6 Å². The molecule has 0 N–H and O–H groups in total. The Kier molecular flexibility index (Phi) is 6.52. The number of aromatic nitrogens is 3. The molecule has 0 unspecified atom stereocenters. The summed E-state index contributed by atoms with van der Waals surface area (Å²) in [5.74, 6) is 2.40. The third kappa shape index (κ3) is 3.42. The Balaban J connectivity index is 0.00000108. The molecule has 6 heteroatoms. The summed E-state index contributed by atoms with van der Waals surface area (Å²) < 4.78 is 1.87. The van der Waals surface area contributed by atoms with E-state index in [-0.39, 0.29) is 38.4 Å². The molecule has 0 atom stereocenters. The third-order valence-electron chi connectivity index (χ3n) is 2.70. The Hall–Kier alpha value is -0.200. The SMILES string of the molecule is [CH3-].[H-].[Na+].c1ccc2c(c1)nnn2[CH-]N1CCSCC1. The normalized spacial score (nSPS) is 15.8. The Bertz CT molecular complexity index is 487. The number of fused-ring (bicyclic) bond motifs is 1. The van der Waals surface area contributed by atoms with Crippen LogP contribution in [0.1, 0.15) is 1.43 Å². The van der Waals surface area contributed by atoms with Crippen molar-refractivity contribution < 1.29 is 31.0 Å². The van der Waals surface area contributed by atoms with Gasteiger partial charge in [0.05, 0.1) is 0 Å². The molecule has 94 valence electrons. The van der Waals surface area contributed by atoms with Gasteiger partial charge in [-0.05, 0) is 13.1 Å². The van der Waals surface area contributed by atoms with Crippen molar-refractivity contribution in [2.24, 2.45) is 0 Å². The van der Waals surface area contributed by atoms with Gasteiger partial charge in [-0.2, -0.15) is 16.9 Å². The molecule has 1 saturated heterocycles. The topological polar surface area (TPSA) is 34.0 Å². The van der Waals surface area contributed by atoms with Crippen LogP contribution in [0.4, 0.5) is 0 Å². The molecule has 1 aromatic heterocycles. The van der Waals surface area contributed by atoms with Crippen molar-refractivity contribution in [3.05, 3.63) is 38.4 Å². The van der Waals surface area contributed by atoms with Gasteiger partial charge < -0.3 is 18.4 Å². The van der Waals surface area contributed by atoms with Gasteiger partial charge in [-0.1, -0.05) is 35.6 Å². The van der Waals surface area contributed by atoms with Crippen LogP contribution in [0.3, 0.4) is 0 Å². The minimum atomic E-state index is 0. The molecular weight excluding hydrogens is 255 g/mol. The monoisotopic (exact) mass is 272 g/mol. The van der Waals surface area contributed by atoms with Crippen LogP contribution in [0.15, 0.2) is 24.3 Å². The number of hydrogen-bond donors (Lipinski definition) is 0. The van der Waals surface area contributed by atoms with E-state index in [1.54, 1.807) is 0 Å². The summed E-state index contributed by atoms with van der Waals surface area (Å²) in [7, 11) is 0. The van der Waals surface area contributed by atoms with Crippen molar-refractivity contribution in [3.8, 4) is 0 Å². The van der Waals surface area contributed by atoms with E-state index >= 15 is 0 Å². The van der Waals surface area contributed by atoms with Crippen LogP contribution >= 0.6 is 11.8 Å². The zero-order valence-corrected chi connectivity index (χ0v) is 13.7. The second kappa shape index (κ2) is 7.40. The molecule has 1 aliphatic rings. The van der Waals surface area contributed by atoms with Crippen molar-refractivity contribution >= 4 is 22.8 Å². The molecule has 18 heavy (non-hydrogen) atoms. The molecule has 1 aromatic carbocycles. The van der Waals surface area contributed by atoms with Crippen molar-refractivity contribution in [1.82, 2.24) is 19.9 Å². The Morgan fingerprint density at radius 3 is 2.72 bits per heavy atom. The van der Waals surface area contributed by atoms with Crippen molar-refractivity contribution in [2.75, 3.05) is 24.6 Å². The van der Waals surface area contributed by atoms with E-state index in [1.165, 1.54) is 11.5 Å². The quantitative estimate of drug-likeness (QED) is 0.519. The maximum Gasteiger partial charge on any atom is 1.00 e. The number of thioether (sulfide) groups is 1. The molecule has 4 nitrogen and oxygen atoms in total. The van der Waals surface area contributed by atoms with Crippen LogP contribution in [-0.4, -0.2) is 44.5 Å². The van der Waals surface area contributed by atoms with Gasteiger partial charge in [-0.25, -0.2) is 0 Å².